The molecule has 150 valence electrons. The van der Waals surface area contributed by atoms with E-state index in [1.165, 1.54) is 6.33 Å². The molecule has 7 nitrogen and oxygen atoms in total. The molecule has 0 amide bonds. The average Bonchev–Trinajstić information content (AvgIpc) is 3.13. The summed E-state index contributed by atoms with van der Waals surface area (Å²) in [5.41, 5.74) is 2.27. The van der Waals surface area contributed by atoms with Crippen molar-refractivity contribution < 1.29 is 9.53 Å². The summed E-state index contributed by atoms with van der Waals surface area (Å²) in [6.45, 7) is 3.82. The van der Waals surface area contributed by atoms with Crippen molar-refractivity contribution in [3.05, 3.63) is 65.6 Å². The summed E-state index contributed by atoms with van der Waals surface area (Å²) < 4.78 is 7.64. The number of hydrogen-bond acceptors (Lipinski definition) is 6. The molecule has 0 bridgehead atoms. The topological polar surface area (TPSA) is 81.9 Å². The lowest BCUT2D eigenvalue weighted by atomic mass is 9.93. The largest absolute Gasteiger partial charge is 0.487 e. The van der Waals surface area contributed by atoms with Crippen LogP contribution in [-0.4, -0.2) is 31.1 Å². The standard InChI is InChI=1S/C22H18ClN5O2/c1-22(2)10-18(29)16-9-14(6-7-19(16)30-22)27-20-17-11-26-28(21(17)25-12-24-20)15-5-3-4-13(23)8-15/h3-9,11-12H,10H2,1-2H3,(H,24,25,27). The number of anilines is 2. The predicted molar refractivity (Wildman–Crippen MR) is 115 cm³/mol. The first-order chi connectivity index (χ1) is 14.4. The second kappa shape index (κ2) is 6.81. The van der Waals surface area contributed by atoms with Gasteiger partial charge >= 0.3 is 0 Å². The molecule has 8 heteroatoms. The molecule has 2 aromatic heterocycles. The van der Waals surface area contributed by atoms with Crippen LogP contribution >= 0.6 is 11.6 Å². The molecule has 0 atom stereocenters. The van der Waals surface area contributed by atoms with Gasteiger partial charge in [0.2, 0.25) is 0 Å². The van der Waals surface area contributed by atoms with E-state index in [1.807, 2.05) is 44.2 Å². The Morgan fingerprint density at radius 2 is 2.03 bits per heavy atom. The second-order valence-electron chi connectivity index (χ2n) is 7.79. The Morgan fingerprint density at radius 3 is 2.87 bits per heavy atom. The van der Waals surface area contributed by atoms with Crippen LogP contribution in [0.25, 0.3) is 16.7 Å². The molecule has 0 saturated carbocycles. The third-order valence-corrected chi connectivity index (χ3v) is 5.17. The minimum absolute atomic E-state index is 0.0616. The molecule has 1 N–H and O–H groups in total. The van der Waals surface area contributed by atoms with Crippen LogP contribution in [0.15, 0.2) is 55.0 Å². The molecule has 1 aliphatic rings. The van der Waals surface area contributed by atoms with Gasteiger partial charge in [-0.05, 0) is 50.2 Å². The van der Waals surface area contributed by atoms with Gasteiger partial charge < -0.3 is 10.1 Å². The summed E-state index contributed by atoms with van der Waals surface area (Å²) in [6, 6.07) is 12.9. The van der Waals surface area contributed by atoms with Gasteiger partial charge in [-0.1, -0.05) is 17.7 Å². The maximum Gasteiger partial charge on any atom is 0.170 e. The Hall–Kier alpha value is -3.45. The van der Waals surface area contributed by atoms with E-state index >= 15 is 0 Å². The van der Waals surface area contributed by atoms with Crippen LogP contribution in [0.1, 0.15) is 30.6 Å². The van der Waals surface area contributed by atoms with Crippen molar-refractivity contribution in [2.24, 2.45) is 0 Å². The molecule has 0 unspecified atom stereocenters. The minimum atomic E-state index is -0.493. The monoisotopic (exact) mass is 419 g/mol. The van der Waals surface area contributed by atoms with Crippen LogP contribution < -0.4 is 10.1 Å². The van der Waals surface area contributed by atoms with Crippen LogP contribution in [0.5, 0.6) is 5.75 Å². The van der Waals surface area contributed by atoms with E-state index < -0.39 is 5.60 Å². The van der Waals surface area contributed by atoms with E-state index in [1.54, 1.807) is 23.0 Å². The fraction of sp³-hybridized carbons (Fsp3) is 0.182. The molecule has 0 spiro atoms. The number of rotatable bonds is 3. The highest BCUT2D eigenvalue weighted by Gasteiger charge is 2.32. The second-order valence-corrected chi connectivity index (χ2v) is 8.23. The van der Waals surface area contributed by atoms with Crippen LogP contribution in [0.4, 0.5) is 11.5 Å². The van der Waals surface area contributed by atoms with E-state index in [9.17, 15) is 4.79 Å². The van der Waals surface area contributed by atoms with Crippen molar-refractivity contribution in [1.29, 1.82) is 0 Å². The molecule has 2 aromatic carbocycles. The van der Waals surface area contributed by atoms with Crippen LogP contribution in [0.3, 0.4) is 0 Å². The number of fused-ring (bicyclic) bond motifs is 2. The number of halogens is 1. The molecule has 0 saturated heterocycles. The third kappa shape index (κ3) is 3.27. The van der Waals surface area contributed by atoms with Crippen LogP contribution in [-0.2, 0) is 0 Å². The maximum absolute atomic E-state index is 12.5. The maximum atomic E-state index is 12.5. The molecule has 0 fully saturated rings. The normalized spacial score (nSPS) is 15.0. The fourth-order valence-corrected chi connectivity index (χ4v) is 3.79. The van der Waals surface area contributed by atoms with E-state index in [0.717, 1.165) is 16.8 Å². The Bertz CT molecular complexity index is 1300. The summed E-state index contributed by atoms with van der Waals surface area (Å²) in [6.07, 6.45) is 3.52. The van der Waals surface area contributed by atoms with Crippen molar-refractivity contribution in [2.45, 2.75) is 25.9 Å². The summed E-state index contributed by atoms with van der Waals surface area (Å²) >= 11 is 6.11. The van der Waals surface area contributed by atoms with Crippen molar-refractivity contribution in [1.82, 2.24) is 19.7 Å². The van der Waals surface area contributed by atoms with E-state index in [-0.39, 0.29) is 5.78 Å². The van der Waals surface area contributed by atoms with Gasteiger partial charge in [-0.15, -0.1) is 0 Å². The fourth-order valence-electron chi connectivity index (χ4n) is 3.61. The minimum Gasteiger partial charge on any atom is -0.487 e. The Balaban J connectivity index is 1.51. The number of Topliss-reactive ketones (excluding diaryl/α,β-unsaturated/α-hetero) is 1. The zero-order valence-electron chi connectivity index (χ0n) is 16.4. The number of hydrogen-bond donors (Lipinski definition) is 1. The number of ether oxygens (including phenoxy) is 1. The van der Waals surface area contributed by atoms with Crippen LogP contribution in [0, 0.1) is 0 Å². The van der Waals surface area contributed by atoms with Gasteiger partial charge in [0.05, 0.1) is 29.3 Å². The molecular weight excluding hydrogens is 402 g/mol. The SMILES string of the molecule is CC1(C)CC(=O)c2cc(Nc3ncnc4c3cnn4-c3cccc(Cl)c3)ccc2O1. The predicted octanol–water partition coefficient (Wildman–Crippen LogP) is 4.96. The van der Waals surface area contributed by atoms with Crippen molar-refractivity contribution in [2.75, 3.05) is 5.32 Å². The van der Waals surface area contributed by atoms with Crippen LogP contribution in [0.2, 0.25) is 5.02 Å². The van der Waals surface area contributed by atoms with Gasteiger partial charge in [0, 0.05) is 10.7 Å². The number of aromatic nitrogens is 4. The van der Waals surface area contributed by atoms with Gasteiger partial charge in [-0.3, -0.25) is 4.79 Å². The first kappa shape index (κ1) is 18.6. The molecule has 0 radical (unpaired) electrons. The number of benzene rings is 2. The van der Waals surface area contributed by atoms with Gasteiger partial charge in [-0.25, -0.2) is 14.6 Å². The highest BCUT2D eigenvalue weighted by atomic mass is 35.5. The van der Waals surface area contributed by atoms with Crippen molar-refractivity contribution in [3.63, 3.8) is 0 Å². The number of nitrogens with one attached hydrogen (secondary N) is 1. The van der Waals surface area contributed by atoms with E-state index in [0.29, 0.717) is 34.2 Å². The first-order valence-corrected chi connectivity index (χ1v) is 9.85. The van der Waals surface area contributed by atoms with Gasteiger partial charge in [-0.2, -0.15) is 5.10 Å². The van der Waals surface area contributed by atoms with Gasteiger partial charge in [0.25, 0.3) is 0 Å². The average molecular weight is 420 g/mol. The van der Waals surface area contributed by atoms with E-state index in [4.69, 9.17) is 16.3 Å². The highest BCUT2D eigenvalue weighted by molar-refractivity contribution is 6.30. The number of nitrogens with zero attached hydrogens (tertiary/aromatic N) is 4. The van der Waals surface area contributed by atoms with Crippen molar-refractivity contribution >= 4 is 39.9 Å². The molecule has 30 heavy (non-hydrogen) atoms. The Labute approximate surface area is 177 Å². The summed E-state index contributed by atoms with van der Waals surface area (Å²) in [7, 11) is 0. The zero-order valence-corrected chi connectivity index (χ0v) is 17.1. The smallest absolute Gasteiger partial charge is 0.170 e. The Morgan fingerprint density at radius 1 is 1.17 bits per heavy atom. The molecule has 1 aliphatic heterocycles. The highest BCUT2D eigenvalue weighted by Crippen LogP contribution is 2.35. The molecular formula is C22H18ClN5O2. The number of carbonyl (C=O) groups excluding carboxylic acids is 1. The zero-order chi connectivity index (χ0) is 20.9. The first-order valence-electron chi connectivity index (χ1n) is 9.48. The lowest BCUT2D eigenvalue weighted by Gasteiger charge is -2.31. The van der Waals surface area contributed by atoms with E-state index in [2.05, 4.69) is 20.4 Å². The number of carbonyl (C=O) groups is 1. The molecule has 4 aromatic rings. The summed E-state index contributed by atoms with van der Waals surface area (Å²) in [4.78, 5) is 21.3. The number of ketones is 1. The van der Waals surface area contributed by atoms with Gasteiger partial charge in [0.1, 0.15) is 23.5 Å². The third-order valence-electron chi connectivity index (χ3n) is 4.93. The Kier molecular flexibility index (Phi) is 4.22. The summed E-state index contributed by atoms with van der Waals surface area (Å²) in [5, 5.41) is 9.09. The van der Waals surface area contributed by atoms with Gasteiger partial charge in [0.15, 0.2) is 11.4 Å². The molecule has 5 rings (SSSR count). The molecule has 3 heterocycles. The van der Waals surface area contributed by atoms with Crippen molar-refractivity contribution in [3.8, 4) is 11.4 Å². The lowest BCUT2D eigenvalue weighted by Crippen LogP contribution is -2.35. The molecule has 0 aliphatic carbocycles. The lowest BCUT2D eigenvalue weighted by molar-refractivity contribution is 0.0620. The summed E-state index contributed by atoms with van der Waals surface area (Å²) in [5.74, 6) is 1.26. The quantitative estimate of drug-likeness (QED) is 0.505.